The van der Waals surface area contributed by atoms with Gasteiger partial charge in [0.25, 0.3) is 0 Å². The first kappa shape index (κ1) is 12.4. The zero-order valence-corrected chi connectivity index (χ0v) is 11.6. The van der Waals surface area contributed by atoms with Crippen molar-refractivity contribution in [1.29, 1.82) is 0 Å². The Kier molecular flexibility index (Phi) is 3.38. The van der Waals surface area contributed by atoms with Crippen molar-refractivity contribution in [3.63, 3.8) is 0 Å². The van der Waals surface area contributed by atoms with Gasteiger partial charge in [0, 0.05) is 11.7 Å². The second-order valence-corrected chi connectivity index (χ2v) is 5.58. The maximum Gasteiger partial charge on any atom is 0.0994 e. The molecule has 1 saturated heterocycles. The second kappa shape index (κ2) is 5.17. The Balaban J connectivity index is 1.91. The van der Waals surface area contributed by atoms with Gasteiger partial charge in [-0.2, -0.15) is 0 Å². The van der Waals surface area contributed by atoms with Gasteiger partial charge >= 0.3 is 0 Å². The highest BCUT2D eigenvalue weighted by Crippen LogP contribution is 2.25. The average Bonchev–Trinajstić information content (AvgIpc) is 3.09. The van der Waals surface area contributed by atoms with E-state index in [-0.39, 0.29) is 0 Å². The van der Waals surface area contributed by atoms with Gasteiger partial charge in [0.05, 0.1) is 18.2 Å². The molecule has 0 bridgehead atoms. The maximum atomic E-state index is 4.32. The molecular formula is C16H21N3. The van der Waals surface area contributed by atoms with Crippen LogP contribution in [0.3, 0.4) is 0 Å². The SMILES string of the molecule is CC(C)c1ccc(-n2cncc2[C@@H]2CCCN2)cc1. The minimum atomic E-state index is 0.451. The Labute approximate surface area is 114 Å². The van der Waals surface area contributed by atoms with Crippen molar-refractivity contribution < 1.29 is 0 Å². The Morgan fingerprint density at radius 3 is 2.68 bits per heavy atom. The largest absolute Gasteiger partial charge is 0.309 e. The number of hydrogen-bond donors (Lipinski definition) is 1. The fourth-order valence-electron chi connectivity index (χ4n) is 2.74. The number of benzene rings is 1. The standard InChI is InChI=1S/C16H21N3/c1-12(2)13-5-7-14(8-6-13)19-11-17-10-16(19)15-4-3-9-18-15/h5-8,10-12,15,18H,3-4,9H2,1-2H3/t15-/m0/s1. The summed E-state index contributed by atoms with van der Waals surface area (Å²) < 4.78 is 2.20. The summed E-state index contributed by atoms with van der Waals surface area (Å²) >= 11 is 0. The van der Waals surface area contributed by atoms with E-state index >= 15 is 0 Å². The zero-order chi connectivity index (χ0) is 13.2. The number of nitrogens with zero attached hydrogens (tertiary/aromatic N) is 2. The van der Waals surface area contributed by atoms with Gasteiger partial charge in [-0.3, -0.25) is 0 Å². The highest BCUT2D eigenvalue weighted by molar-refractivity contribution is 5.37. The van der Waals surface area contributed by atoms with Gasteiger partial charge in [-0.1, -0.05) is 26.0 Å². The van der Waals surface area contributed by atoms with Crippen molar-refractivity contribution in [2.24, 2.45) is 0 Å². The predicted molar refractivity (Wildman–Crippen MR) is 77.6 cm³/mol. The summed E-state index contributed by atoms with van der Waals surface area (Å²) in [6, 6.07) is 9.26. The van der Waals surface area contributed by atoms with Crippen LogP contribution >= 0.6 is 0 Å². The molecule has 0 radical (unpaired) electrons. The normalized spacial score (nSPS) is 19.2. The van der Waals surface area contributed by atoms with E-state index < -0.39 is 0 Å². The van der Waals surface area contributed by atoms with Crippen LogP contribution in [0, 0.1) is 0 Å². The number of imidazole rings is 1. The van der Waals surface area contributed by atoms with Crippen LogP contribution in [0.4, 0.5) is 0 Å². The van der Waals surface area contributed by atoms with Crippen LogP contribution in [0.5, 0.6) is 0 Å². The fourth-order valence-corrected chi connectivity index (χ4v) is 2.74. The van der Waals surface area contributed by atoms with Crippen molar-refractivity contribution in [2.75, 3.05) is 6.54 Å². The molecule has 3 nitrogen and oxygen atoms in total. The van der Waals surface area contributed by atoms with Crippen LogP contribution in [0.25, 0.3) is 5.69 Å². The Morgan fingerprint density at radius 1 is 1.26 bits per heavy atom. The number of aromatic nitrogens is 2. The summed E-state index contributed by atoms with van der Waals surface area (Å²) in [5.74, 6) is 0.577. The molecule has 1 aromatic carbocycles. The van der Waals surface area contributed by atoms with Crippen molar-refractivity contribution >= 4 is 0 Å². The van der Waals surface area contributed by atoms with Crippen LogP contribution in [-0.2, 0) is 0 Å². The average molecular weight is 255 g/mol. The van der Waals surface area contributed by atoms with E-state index in [0.29, 0.717) is 12.0 Å². The summed E-state index contributed by atoms with van der Waals surface area (Å²) in [7, 11) is 0. The van der Waals surface area contributed by atoms with Crippen molar-refractivity contribution in [1.82, 2.24) is 14.9 Å². The quantitative estimate of drug-likeness (QED) is 0.910. The van der Waals surface area contributed by atoms with Gasteiger partial charge in [0.2, 0.25) is 0 Å². The first-order valence-corrected chi connectivity index (χ1v) is 7.11. The lowest BCUT2D eigenvalue weighted by molar-refractivity contribution is 0.615. The van der Waals surface area contributed by atoms with Crippen LogP contribution in [-0.4, -0.2) is 16.1 Å². The van der Waals surface area contributed by atoms with Gasteiger partial charge in [0.15, 0.2) is 0 Å². The molecule has 0 saturated carbocycles. The third-order valence-electron chi connectivity index (χ3n) is 3.92. The van der Waals surface area contributed by atoms with Gasteiger partial charge in [0.1, 0.15) is 0 Å². The van der Waals surface area contributed by atoms with Gasteiger partial charge in [-0.05, 0) is 43.0 Å². The molecule has 1 atom stereocenters. The Morgan fingerprint density at radius 2 is 2.05 bits per heavy atom. The van der Waals surface area contributed by atoms with Gasteiger partial charge in [-0.25, -0.2) is 4.98 Å². The molecule has 0 spiro atoms. The minimum absolute atomic E-state index is 0.451. The molecule has 1 aliphatic rings. The molecule has 3 rings (SSSR count). The van der Waals surface area contributed by atoms with E-state index in [9.17, 15) is 0 Å². The van der Waals surface area contributed by atoms with Crippen LogP contribution in [0.2, 0.25) is 0 Å². The molecule has 0 amide bonds. The number of nitrogens with one attached hydrogen (secondary N) is 1. The predicted octanol–water partition coefficient (Wildman–Crippen LogP) is 3.42. The fraction of sp³-hybridized carbons (Fsp3) is 0.438. The second-order valence-electron chi connectivity index (χ2n) is 5.58. The first-order chi connectivity index (χ1) is 9.25. The summed E-state index contributed by atoms with van der Waals surface area (Å²) in [6.07, 6.45) is 6.36. The van der Waals surface area contributed by atoms with E-state index in [4.69, 9.17) is 0 Å². The van der Waals surface area contributed by atoms with Gasteiger partial charge < -0.3 is 9.88 Å². The third kappa shape index (κ3) is 2.43. The first-order valence-electron chi connectivity index (χ1n) is 7.11. The molecular weight excluding hydrogens is 234 g/mol. The Bertz CT molecular complexity index is 533. The lowest BCUT2D eigenvalue weighted by atomic mass is 10.0. The van der Waals surface area contributed by atoms with E-state index in [1.165, 1.54) is 29.8 Å². The Hall–Kier alpha value is -1.61. The molecule has 0 unspecified atom stereocenters. The molecule has 19 heavy (non-hydrogen) atoms. The summed E-state index contributed by atoms with van der Waals surface area (Å²) in [5.41, 5.74) is 3.85. The third-order valence-corrected chi connectivity index (χ3v) is 3.92. The molecule has 2 aromatic rings. The molecule has 3 heteroatoms. The maximum absolute atomic E-state index is 4.32. The topological polar surface area (TPSA) is 29.9 Å². The van der Waals surface area contributed by atoms with Crippen molar-refractivity contribution in [3.05, 3.63) is 48.0 Å². The monoisotopic (exact) mass is 255 g/mol. The van der Waals surface area contributed by atoms with Crippen molar-refractivity contribution in [2.45, 2.75) is 38.6 Å². The molecule has 100 valence electrons. The summed E-state index contributed by atoms with van der Waals surface area (Å²) in [5, 5.41) is 3.54. The van der Waals surface area contributed by atoms with E-state index in [0.717, 1.165) is 6.54 Å². The highest BCUT2D eigenvalue weighted by Gasteiger charge is 2.20. The van der Waals surface area contributed by atoms with Crippen LogP contribution in [0.15, 0.2) is 36.8 Å². The lowest BCUT2D eigenvalue weighted by Crippen LogP contribution is -2.16. The molecule has 1 N–H and O–H groups in total. The molecule has 1 aliphatic heterocycles. The van der Waals surface area contributed by atoms with E-state index in [1.807, 2.05) is 12.5 Å². The molecule has 0 aliphatic carbocycles. The van der Waals surface area contributed by atoms with Crippen LogP contribution < -0.4 is 5.32 Å². The molecule has 2 heterocycles. The highest BCUT2D eigenvalue weighted by atomic mass is 15.1. The minimum Gasteiger partial charge on any atom is -0.309 e. The summed E-state index contributed by atoms with van der Waals surface area (Å²) in [4.78, 5) is 4.32. The molecule has 1 fully saturated rings. The number of rotatable bonds is 3. The number of hydrogen-bond acceptors (Lipinski definition) is 2. The van der Waals surface area contributed by atoms with Crippen LogP contribution in [0.1, 0.15) is 49.9 Å². The summed E-state index contributed by atoms with van der Waals surface area (Å²) in [6.45, 7) is 5.56. The molecule has 1 aromatic heterocycles. The van der Waals surface area contributed by atoms with E-state index in [2.05, 4.69) is 53.0 Å². The zero-order valence-electron chi connectivity index (χ0n) is 11.6. The van der Waals surface area contributed by atoms with Crippen molar-refractivity contribution in [3.8, 4) is 5.69 Å². The van der Waals surface area contributed by atoms with E-state index in [1.54, 1.807) is 0 Å². The van der Waals surface area contributed by atoms with Gasteiger partial charge in [-0.15, -0.1) is 0 Å². The smallest absolute Gasteiger partial charge is 0.0994 e. The lowest BCUT2D eigenvalue weighted by Gasteiger charge is -2.14.